The third kappa shape index (κ3) is 3.51. The molecule has 0 heterocycles. The van der Waals surface area contributed by atoms with Gasteiger partial charge < -0.3 is 20.5 Å². The first-order valence-corrected chi connectivity index (χ1v) is 8.99. The Morgan fingerprint density at radius 1 is 1.29 bits per heavy atom. The minimum atomic E-state index is 0.0424. The van der Waals surface area contributed by atoms with Crippen molar-refractivity contribution in [1.29, 1.82) is 0 Å². The Kier molecular flexibility index (Phi) is 5.29. The number of carbonyl (C=O) groups is 1. The van der Waals surface area contributed by atoms with Gasteiger partial charge in [-0.15, -0.1) is 0 Å². The van der Waals surface area contributed by atoms with E-state index < -0.39 is 0 Å². The molecule has 2 fully saturated rings. The fourth-order valence-corrected chi connectivity index (χ4v) is 4.25. The van der Waals surface area contributed by atoms with Crippen molar-refractivity contribution in [3.8, 4) is 11.5 Å². The van der Waals surface area contributed by atoms with E-state index in [1.807, 2.05) is 25.1 Å². The summed E-state index contributed by atoms with van der Waals surface area (Å²) in [6.45, 7) is 2.48. The van der Waals surface area contributed by atoms with Crippen LogP contribution in [0.3, 0.4) is 0 Å². The number of hydrogen-bond acceptors (Lipinski definition) is 4. The van der Waals surface area contributed by atoms with Gasteiger partial charge in [-0.3, -0.25) is 4.79 Å². The molecule has 0 aliphatic heterocycles. The maximum Gasteiger partial charge on any atom is 0.227 e. The summed E-state index contributed by atoms with van der Waals surface area (Å²) in [6, 6.07) is 5.77. The monoisotopic (exact) mass is 332 g/mol. The van der Waals surface area contributed by atoms with E-state index >= 15 is 0 Å². The van der Waals surface area contributed by atoms with Crippen LogP contribution in [0.2, 0.25) is 0 Å². The zero-order valence-corrected chi connectivity index (χ0v) is 14.6. The molecule has 1 amide bonds. The fraction of sp³-hybridized carbons (Fsp3) is 0.632. The third-order valence-corrected chi connectivity index (χ3v) is 5.53. The van der Waals surface area contributed by atoms with Crippen LogP contribution in [0.25, 0.3) is 0 Å². The van der Waals surface area contributed by atoms with E-state index in [2.05, 4.69) is 5.32 Å². The molecule has 3 N–H and O–H groups in total. The summed E-state index contributed by atoms with van der Waals surface area (Å²) in [7, 11) is 1.62. The van der Waals surface area contributed by atoms with Gasteiger partial charge in [0.2, 0.25) is 5.91 Å². The van der Waals surface area contributed by atoms with Gasteiger partial charge in [0.05, 0.1) is 19.4 Å². The second-order valence-corrected chi connectivity index (χ2v) is 6.98. The van der Waals surface area contributed by atoms with Gasteiger partial charge in [0.1, 0.15) is 11.5 Å². The predicted octanol–water partition coefficient (Wildman–Crippen LogP) is 3.19. The molecular formula is C19H28N2O3. The molecule has 0 aromatic heterocycles. The molecule has 1 aromatic carbocycles. The van der Waals surface area contributed by atoms with Gasteiger partial charge in [-0.1, -0.05) is 6.42 Å². The van der Waals surface area contributed by atoms with Crippen molar-refractivity contribution in [2.45, 2.75) is 45.1 Å². The second kappa shape index (κ2) is 7.43. The lowest BCUT2D eigenvalue weighted by atomic mass is 9.65. The Morgan fingerprint density at radius 2 is 2.00 bits per heavy atom. The zero-order chi connectivity index (χ0) is 17.1. The summed E-state index contributed by atoms with van der Waals surface area (Å²) in [6.07, 6.45) is 5.37. The summed E-state index contributed by atoms with van der Waals surface area (Å²) in [5, 5.41) is 3.06. The summed E-state index contributed by atoms with van der Waals surface area (Å²) in [4.78, 5) is 12.8. The first kappa shape index (κ1) is 17.1. The van der Waals surface area contributed by atoms with Gasteiger partial charge >= 0.3 is 0 Å². The molecule has 2 unspecified atom stereocenters. The van der Waals surface area contributed by atoms with Gasteiger partial charge in [0, 0.05) is 18.0 Å². The van der Waals surface area contributed by atoms with Crippen LogP contribution in [0, 0.1) is 17.8 Å². The molecule has 1 aromatic rings. The summed E-state index contributed by atoms with van der Waals surface area (Å²) < 4.78 is 10.9. The lowest BCUT2D eigenvalue weighted by Gasteiger charge is -2.43. The molecule has 5 nitrogen and oxygen atoms in total. The zero-order valence-electron chi connectivity index (χ0n) is 14.6. The standard InChI is InChI=1S/C19H28N2O3/c1-3-24-17-8-7-15(23-2)11-16(17)21-19(22)14-9-12-5-4-6-13(10-14)18(12)20/h7-8,11-14,18H,3-6,9-10,20H2,1-2H3,(H,21,22). The highest BCUT2D eigenvalue weighted by molar-refractivity contribution is 5.94. The summed E-state index contributed by atoms with van der Waals surface area (Å²) in [5.41, 5.74) is 7.01. The van der Waals surface area contributed by atoms with Gasteiger partial charge in [0.25, 0.3) is 0 Å². The number of nitrogens with one attached hydrogen (secondary N) is 1. The molecule has 3 rings (SSSR count). The smallest absolute Gasteiger partial charge is 0.227 e. The highest BCUT2D eigenvalue weighted by atomic mass is 16.5. The van der Waals surface area contributed by atoms with Crippen molar-refractivity contribution in [3.63, 3.8) is 0 Å². The number of ether oxygens (including phenoxy) is 2. The maximum absolute atomic E-state index is 12.8. The predicted molar refractivity (Wildman–Crippen MR) is 94.3 cm³/mol. The molecule has 2 aliphatic carbocycles. The third-order valence-electron chi connectivity index (χ3n) is 5.53. The normalized spacial score (nSPS) is 29.0. The molecule has 2 atom stereocenters. The minimum absolute atomic E-state index is 0.0424. The molecule has 2 saturated carbocycles. The molecule has 5 heteroatoms. The van der Waals surface area contributed by atoms with Crippen molar-refractivity contribution in [3.05, 3.63) is 18.2 Å². The molecule has 24 heavy (non-hydrogen) atoms. The maximum atomic E-state index is 12.8. The van der Waals surface area contributed by atoms with Crippen LogP contribution in [0.5, 0.6) is 11.5 Å². The quantitative estimate of drug-likeness (QED) is 0.868. The molecule has 132 valence electrons. The number of anilines is 1. The number of carbonyl (C=O) groups excluding carboxylic acids is 1. The first-order valence-electron chi connectivity index (χ1n) is 8.99. The van der Waals surface area contributed by atoms with Crippen LogP contribution in [-0.2, 0) is 4.79 Å². The van der Waals surface area contributed by atoms with Crippen LogP contribution < -0.4 is 20.5 Å². The van der Waals surface area contributed by atoms with Crippen LogP contribution in [0.4, 0.5) is 5.69 Å². The van der Waals surface area contributed by atoms with Crippen LogP contribution in [0.1, 0.15) is 39.0 Å². The van der Waals surface area contributed by atoms with E-state index in [0.717, 1.165) is 25.7 Å². The van der Waals surface area contributed by atoms with Gasteiger partial charge in [0.15, 0.2) is 0 Å². The van der Waals surface area contributed by atoms with Crippen molar-refractivity contribution in [2.75, 3.05) is 19.0 Å². The van der Waals surface area contributed by atoms with Crippen LogP contribution in [0.15, 0.2) is 18.2 Å². The first-order chi connectivity index (χ1) is 11.6. The van der Waals surface area contributed by atoms with E-state index in [-0.39, 0.29) is 17.9 Å². The molecule has 0 saturated heterocycles. The molecular weight excluding hydrogens is 304 g/mol. The van der Waals surface area contributed by atoms with E-state index in [0.29, 0.717) is 35.6 Å². The Balaban J connectivity index is 1.72. The van der Waals surface area contributed by atoms with Crippen molar-refractivity contribution >= 4 is 11.6 Å². The fourth-order valence-electron chi connectivity index (χ4n) is 4.25. The van der Waals surface area contributed by atoms with E-state index in [9.17, 15) is 4.79 Å². The molecule has 2 aliphatic rings. The minimum Gasteiger partial charge on any atom is -0.497 e. The van der Waals surface area contributed by atoms with Crippen molar-refractivity contribution in [2.24, 2.45) is 23.5 Å². The molecule has 0 spiro atoms. The van der Waals surface area contributed by atoms with Gasteiger partial charge in [-0.2, -0.15) is 0 Å². The SMILES string of the molecule is CCOc1ccc(OC)cc1NC(=O)C1CC2CCCC(C1)C2N. The van der Waals surface area contributed by atoms with Gasteiger partial charge in [-0.05, 0) is 56.6 Å². The summed E-state index contributed by atoms with van der Waals surface area (Å²) >= 11 is 0. The lowest BCUT2D eigenvalue weighted by molar-refractivity contribution is -0.122. The number of methoxy groups -OCH3 is 1. The van der Waals surface area contributed by atoms with Gasteiger partial charge in [-0.25, -0.2) is 0 Å². The Hall–Kier alpha value is -1.75. The van der Waals surface area contributed by atoms with Crippen molar-refractivity contribution in [1.82, 2.24) is 0 Å². The number of nitrogens with two attached hydrogens (primary N) is 1. The van der Waals surface area contributed by atoms with Crippen molar-refractivity contribution < 1.29 is 14.3 Å². The van der Waals surface area contributed by atoms with Crippen LogP contribution >= 0.6 is 0 Å². The average molecular weight is 332 g/mol. The highest BCUT2D eigenvalue weighted by Crippen LogP contribution is 2.42. The Morgan fingerprint density at radius 3 is 2.62 bits per heavy atom. The lowest BCUT2D eigenvalue weighted by Crippen LogP contribution is -2.48. The Labute approximate surface area is 143 Å². The number of fused-ring (bicyclic) bond motifs is 2. The number of hydrogen-bond donors (Lipinski definition) is 2. The van der Waals surface area contributed by atoms with E-state index in [1.54, 1.807) is 7.11 Å². The largest absolute Gasteiger partial charge is 0.497 e. The van der Waals surface area contributed by atoms with E-state index in [4.69, 9.17) is 15.2 Å². The Bertz CT molecular complexity index is 576. The molecule has 0 radical (unpaired) electrons. The second-order valence-electron chi connectivity index (χ2n) is 6.98. The highest BCUT2D eigenvalue weighted by Gasteiger charge is 2.40. The number of benzene rings is 1. The van der Waals surface area contributed by atoms with Crippen LogP contribution in [-0.4, -0.2) is 25.7 Å². The topological polar surface area (TPSA) is 73.6 Å². The van der Waals surface area contributed by atoms with E-state index in [1.165, 1.54) is 6.42 Å². The summed E-state index contributed by atoms with van der Waals surface area (Å²) in [5.74, 6) is 2.49. The molecule has 2 bridgehead atoms. The average Bonchev–Trinajstić information content (AvgIpc) is 2.56. The number of amides is 1. The number of rotatable bonds is 5.